The number of allylic oxidation sites excluding steroid dienone is 3. The Labute approximate surface area is 114 Å². The van der Waals surface area contributed by atoms with Crippen molar-refractivity contribution in [1.82, 2.24) is 4.90 Å². The van der Waals surface area contributed by atoms with Gasteiger partial charge in [0.1, 0.15) is 5.76 Å². The smallest absolute Gasteiger partial charge is 0.124 e. The Morgan fingerprint density at radius 3 is 2.68 bits per heavy atom. The van der Waals surface area contributed by atoms with Gasteiger partial charge >= 0.3 is 0 Å². The van der Waals surface area contributed by atoms with Crippen molar-refractivity contribution < 1.29 is 9.47 Å². The zero-order chi connectivity index (χ0) is 13.8. The van der Waals surface area contributed by atoms with E-state index in [1.165, 1.54) is 6.34 Å². The van der Waals surface area contributed by atoms with Gasteiger partial charge in [-0.1, -0.05) is 12.2 Å². The fourth-order valence-corrected chi connectivity index (χ4v) is 2.37. The molecule has 0 saturated carbocycles. The fraction of sp³-hybridized carbons (Fsp3) is 0.533. The highest BCUT2D eigenvalue weighted by Gasteiger charge is 2.25. The van der Waals surface area contributed by atoms with E-state index in [9.17, 15) is 0 Å². The van der Waals surface area contributed by atoms with E-state index < -0.39 is 0 Å². The average Bonchev–Trinajstić information content (AvgIpc) is 3.01. The lowest BCUT2D eigenvalue weighted by Crippen LogP contribution is -2.33. The molecular weight excluding hydrogens is 240 g/mol. The first-order valence-electron chi connectivity index (χ1n) is 6.70. The third-order valence-electron chi connectivity index (χ3n) is 3.51. The Balaban J connectivity index is 2.26. The maximum Gasteiger partial charge on any atom is 0.124 e. The standard InChI is InChI=1S/C15H22N2O2/c1-11(2)14(8-15-12(3)4-7-19-15)17(10-16)13-5-6-18-9-13/h8,10,13,16H,3-7,9H2,1-2H3/b15-8+,16-10?. The van der Waals surface area contributed by atoms with Gasteiger partial charge in [0, 0.05) is 24.8 Å². The first kappa shape index (κ1) is 13.9. The average molecular weight is 262 g/mol. The minimum absolute atomic E-state index is 0.244. The summed E-state index contributed by atoms with van der Waals surface area (Å²) in [6.45, 7) is 10.3. The summed E-state index contributed by atoms with van der Waals surface area (Å²) in [5, 5.41) is 7.69. The van der Waals surface area contributed by atoms with Crippen LogP contribution in [-0.4, -0.2) is 37.1 Å². The van der Waals surface area contributed by atoms with Crippen molar-refractivity contribution in [2.45, 2.75) is 32.7 Å². The molecule has 4 nitrogen and oxygen atoms in total. The van der Waals surface area contributed by atoms with Crippen LogP contribution in [0.3, 0.4) is 0 Å². The lowest BCUT2D eigenvalue weighted by Gasteiger charge is -2.27. The van der Waals surface area contributed by atoms with Crippen molar-refractivity contribution in [2.24, 2.45) is 0 Å². The summed E-state index contributed by atoms with van der Waals surface area (Å²) in [7, 11) is 0. The lowest BCUT2D eigenvalue weighted by atomic mass is 10.1. The van der Waals surface area contributed by atoms with Crippen molar-refractivity contribution in [3.05, 3.63) is 35.3 Å². The first-order valence-corrected chi connectivity index (χ1v) is 6.70. The quantitative estimate of drug-likeness (QED) is 0.626. The second-order valence-electron chi connectivity index (χ2n) is 5.15. The molecule has 0 bridgehead atoms. The monoisotopic (exact) mass is 262 g/mol. The zero-order valence-electron chi connectivity index (χ0n) is 11.7. The van der Waals surface area contributed by atoms with Gasteiger partial charge in [0.2, 0.25) is 0 Å². The summed E-state index contributed by atoms with van der Waals surface area (Å²) in [6, 6.07) is 0.244. The van der Waals surface area contributed by atoms with E-state index in [1.54, 1.807) is 0 Å². The summed E-state index contributed by atoms with van der Waals surface area (Å²) in [5.74, 6) is 0.849. The second kappa shape index (κ2) is 6.06. The fourth-order valence-electron chi connectivity index (χ4n) is 2.37. The predicted octanol–water partition coefficient (Wildman–Crippen LogP) is 2.84. The van der Waals surface area contributed by atoms with Gasteiger partial charge in [0.05, 0.1) is 25.6 Å². The van der Waals surface area contributed by atoms with E-state index in [1.807, 2.05) is 11.0 Å². The first-order chi connectivity index (χ1) is 9.13. The third-order valence-corrected chi connectivity index (χ3v) is 3.51. The Morgan fingerprint density at radius 1 is 1.42 bits per heavy atom. The van der Waals surface area contributed by atoms with Crippen molar-refractivity contribution in [3.8, 4) is 0 Å². The van der Waals surface area contributed by atoms with Crippen LogP contribution in [0.4, 0.5) is 0 Å². The number of hydrogen-bond donors (Lipinski definition) is 1. The highest BCUT2D eigenvalue weighted by molar-refractivity contribution is 5.58. The Kier molecular flexibility index (Phi) is 4.43. The minimum Gasteiger partial charge on any atom is -0.493 e. The molecule has 2 rings (SSSR count). The van der Waals surface area contributed by atoms with Gasteiger partial charge in [0.15, 0.2) is 0 Å². The van der Waals surface area contributed by atoms with Crippen LogP contribution in [0.1, 0.15) is 26.7 Å². The zero-order valence-corrected chi connectivity index (χ0v) is 11.7. The van der Waals surface area contributed by atoms with Crippen molar-refractivity contribution in [3.63, 3.8) is 0 Å². The normalized spacial score (nSPS) is 24.4. The van der Waals surface area contributed by atoms with Crippen LogP contribution in [0.15, 0.2) is 35.3 Å². The maximum atomic E-state index is 7.69. The van der Waals surface area contributed by atoms with Gasteiger partial charge in [-0.3, -0.25) is 5.41 Å². The molecule has 1 atom stereocenters. The topological polar surface area (TPSA) is 45.5 Å². The molecule has 1 N–H and O–H groups in total. The summed E-state index contributed by atoms with van der Waals surface area (Å²) >= 11 is 0. The molecule has 0 amide bonds. The number of nitrogens with one attached hydrogen (secondary N) is 1. The van der Waals surface area contributed by atoms with Gasteiger partial charge in [-0.05, 0) is 25.8 Å². The molecule has 2 heterocycles. The molecule has 2 aliphatic heterocycles. The molecule has 0 radical (unpaired) electrons. The van der Waals surface area contributed by atoms with E-state index >= 15 is 0 Å². The van der Waals surface area contributed by atoms with Crippen molar-refractivity contribution >= 4 is 6.34 Å². The number of nitrogens with zero attached hydrogens (tertiary/aromatic N) is 1. The van der Waals surface area contributed by atoms with E-state index in [0.29, 0.717) is 13.2 Å². The third kappa shape index (κ3) is 3.07. The summed E-state index contributed by atoms with van der Waals surface area (Å²) in [6.07, 6.45) is 5.24. The van der Waals surface area contributed by atoms with Gasteiger partial charge in [-0.2, -0.15) is 0 Å². The van der Waals surface area contributed by atoms with Crippen LogP contribution < -0.4 is 0 Å². The Bertz CT molecular complexity index is 427. The molecule has 0 aromatic heterocycles. The predicted molar refractivity (Wildman–Crippen MR) is 76.0 cm³/mol. The molecule has 0 aromatic rings. The van der Waals surface area contributed by atoms with Crippen LogP contribution in [0.5, 0.6) is 0 Å². The van der Waals surface area contributed by atoms with Crippen LogP contribution in [0, 0.1) is 5.41 Å². The van der Waals surface area contributed by atoms with Crippen molar-refractivity contribution in [2.75, 3.05) is 19.8 Å². The molecule has 2 saturated heterocycles. The second-order valence-corrected chi connectivity index (χ2v) is 5.15. The molecule has 1 unspecified atom stereocenters. The van der Waals surface area contributed by atoms with E-state index in [2.05, 4.69) is 20.4 Å². The Morgan fingerprint density at radius 2 is 2.21 bits per heavy atom. The van der Waals surface area contributed by atoms with Gasteiger partial charge in [0.25, 0.3) is 0 Å². The van der Waals surface area contributed by atoms with E-state index in [-0.39, 0.29) is 6.04 Å². The van der Waals surface area contributed by atoms with E-state index in [0.717, 1.165) is 42.1 Å². The molecule has 0 aliphatic carbocycles. The molecule has 4 heteroatoms. The molecule has 0 spiro atoms. The SMILES string of the molecule is C=C1CCO/C1=C/C(=C(C)C)N(C=N)C1CCOC1. The van der Waals surface area contributed by atoms with Crippen LogP contribution in [-0.2, 0) is 9.47 Å². The van der Waals surface area contributed by atoms with Gasteiger partial charge in [-0.25, -0.2) is 0 Å². The molecule has 104 valence electrons. The highest BCUT2D eigenvalue weighted by atomic mass is 16.5. The lowest BCUT2D eigenvalue weighted by molar-refractivity contribution is 0.181. The number of rotatable bonds is 4. The maximum absolute atomic E-state index is 7.69. The van der Waals surface area contributed by atoms with Gasteiger partial charge < -0.3 is 14.4 Å². The largest absolute Gasteiger partial charge is 0.493 e. The molecular formula is C15H22N2O2. The summed E-state index contributed by atoms with van der Waals surface area (Å²) < 4.78 is 11.0. The summed E-state index contributed by atoms with van der Waals surface area (Å²) in [4.78, 5) is 1.98. The molecule has 2 aliphatic rings. The van der Waals surface area contributed by atoms with Crippen molar-refractivity contribution in [1.29, 1.82) is 5.41 Å². The van der Waals surface area contributed by atoms with E-state index in [4.69, 9.17) is 14.9 Å². The van der Waals surface area contributed by atoms with Crippen LogP contribution in [0.25, 0.3) is 0 Å². The molecule has 19 heavy (non-hydrogen) atoms. The molecule has 2 fully saturated rings. The number of hydrogen-bond acceptors (Lipinski definition) is 3. The minimum atomic E-state index is 0.244. The van der Waals surface area contributed by atoms with Crippen LogP contribution in [0.2, 0.25) is 0 Å². The highest BCUT2D eigenvalue weighted by Crippen LogP contribution is 2.27. The number of ether oxygens (including phenoxy) is 2. The summed E-state index contributed by atoms with van der Waals surface area (Å²) in [5.41, 5.74) is 3.21. The van der Waals surface area contributed by atoms with Crippen LogP contribution >= 0.6 is 0 Å². The Hall–Kier alpha value is -1.55. The molecule has 0 aromatic carbocycles. The van der Waals surface area contributed by atoms with Gasteiger partial charge in [-0.15, -0.1) is 0 Å².